The molecule has 174 valence electrons. The van der Waals surface area contributed by atoms with Gasteiger partial charge in [-0.1, -0.05) is 54.6 Å². The van der Waals surface area contributed by atoms with Crippen LogP contribution in [0.2, 0.25) is 0 Å². The third kappa shape index (κ3) is 5.24. The average molecular weight is 491 g/mol. The molecule has 1 fully saturated rings. The number of nitrogens with zero attached hydrogens (tertiary/aromatic N) is 4. The lowest BCUT2D eigenvalue weighted by atomic mass is 10.2. The molecule has 3 aromatic rings. The minimum absolute atomic E-state index is 0.0251. The highest BCUT2D eigenvalue weighted by Gasteiger charge is 2.27. The Labute approximate surface area is 207 Å². The van der Waals surface area contributed by atoms with Crippen molar-refractivity contribution in [3.63, 3.8) is 0 Å². The number of hydrogen-bond acceptors (Lipinski definition) is 6. The number of anilines is 1. The van der Waals surface area contributed by atoms with Gasteiger partial charge in [-0.25, -0.2) is 4.98 Å². The Morgan fingerprint density at radius 2 is 1.76 bits per heavy atom. The van der Waals surface area contributed by atoms with Crippen molar-refractivity contribution in [2.45, 2.75) is 11.4 Å². The third-order valence-electron chi connectivity index (χ3n) is 6.01. The zero-order valence-corrected chi connectivity index (χ0v) is 20.4. The molecular formula is C26H26N4O2S2. The van der Waals surface area contributed by atoms with E-state index in [2.05, 4.69) is 34.2 Å². The van der Waals surface area contributed by atoms with Crippen LogP contribution in [0.5, 0.6) is 0 Å². The quantitative estimate of drug-likeness (QED) is 0.517. The minimum Gasteiger partial charge on any atom is -0.335 e. The van der Waals surface area contributed by atoms with Gasteiger partial charge in [-0.3, -0.25) is 14.5 Å². The lowest BCUT2D eigenvalue weighted by Gasteiger charge is -2.33. The molecule has 2 amide bonds. The molecule has 2 aliphatic rings. The van der Waals surface area contributed by atoms with E-state index in [9.17, 15) is 9.59 Å². The number of carbonyl (C=O) groups is 2. The second kappa shape index (κ2) is 10.5. The number of rotatable bonds is 6. The van der Waals surface area contributed by atoms with Crippen molar-refractivity contribution in [1.82, 2.24) is 14.8 Å². The summed E-state index contributed by atoms with van der Waals surface area (Å²) in [5, 5.41) is 2.60. The summed E-state index contributed by atoms with van der Waals surface area (Å²) < 4.78 is 0. The molecule has 1 aromatic heterocycles. The van der Waals surface area contributed by atoms with E-state index in [4.69, 9.17) is 0 Å². The number of benzene rings is 2. The highest BCUT2D eigenvalue weighted by atomic mass is 32.2. The summed E-state index contributed by atoms with van der Waals surface area (Å²) in [5.74, 6) is 0.478. The van der Waals surface area contributed by atoms with Crippen LogP contribution in [0, 0.1) is 0 Å². The van der Waals surface area contributed by atoms with Crippen molar-refractivity contribution in [3.05, 3.63) is 82.3 Å². The Morgan fingerprint density at radius 3 is 2.59 bits per heavy atom. The topological polar surface area (TPSA) is 56.8 Å². The first-order chi connectivity index (χ1) is 16.7. The molecule has 8 heteroatoms. The zero-order valence-electron chi connectivity index (χ0n) is 18.8. The number of aromatic nitrogens is 1. The summed E-state index contributed by atoms with van der Waals surface area (Å²) in [4.78, 5) is 37.3. The van der Waals surface area contributed by atoms with Gasteiger partial charge in [0.25, 0.3) is 5.91 Å². The highest BCUT2D eigenvalue weighted by Crippen LogP contribution is 2.36. The molecule has 2 aromatic carbocycles. The normalized spacial score (nSPS) is 16.8. The molecule has 0 N–H and O–H groups in total. The van der Waals surface area contributed by atoms with Gasteiger partial charge in [0, 0.05) is 43.0 Å². The predicted molar refractivity (Wildman–Crippen MR) is 138 cm³/mol. The molecule has 0 saturated carbocycles. The summed E-state index contributed by atoms with van der Waals surface area (Å²) in [6.07, 6.45) is 4.32. The van der Waals surface area contributed by atoms with Crippen molar-refractivity contribution >= 4 is 46.7 Å². The Balaban J connectivity index is 1.15. The first kappa shape index (κ1) is 22.8. The SMILES string of the molecule is O=C(c1csc(CN2C(=O)CSc3ccccc32)n1)N1CCN(C/C=C/c2ccccc2)CC1. The summed E-state index contributed by atoms with van der Waals surface area (Å²) >= 11 is 3.01. The van der Waals surface area contributed by atoms with Crippen LogP contribution >= 0.6 is 23.1 Å². The van der Waals surface area contributed by atoms with E-state index in [1.54, 1.807) is 16.7 Å². The fourth-order valence-electron chi connectivity index (χ4n) is 4.14. The number of carbonyl (C=O) groups excluding carboxylic acids is 2. The molecule has 6 nitrogen and oxygen atoms in total. The molecule has 1 saturated heterocycles. The molecule has 0 unspecified atom stereocenters. The monoisotopic (exact) mass is 490 g/mol. The predicted octanol–water partition coefficient (Wildman–Crippen LogP) is 4.25. The van der Waals surface area contributed by atoms with E-state index < -0.39 is 0 Å². The van der Waals surface area contributed by atoms with Crippen LogP contribution in [0.3, 0.4) is 0 Å². The van der Waals surface area contributed by atoms with E-state index in [-0.39, 0.29) is 11.8 Å². The highest BCUT2D eigenvalue weighted by molar-refractivity contribution is 8.00. The van der Waals surface area contributed by atoms with Crippen LogP contribution in [0.1, 0.15) is 21.1 Å². The average Bonchev–Trinajstić information content (AvgIpc) is 3.35. The van der Waals surface area contributed by atoms with Gasteiger partial charge in [0.1, 0.15) is 10.7 Å². The van der Waals surface area contributed by atoms with Crippen LogP contribution in [0.15, 0.2) is 70.9 Å². The second-order valence-corrected chi connectivity index (χ2v) is 10.2. The number of hydrogen-bond donors (Lipinski definition) is 0. The number of thiazole rings is 1. The van der Waals surface area contributed by atoms with Crippen molar-refractivity contribution in [2.75, 3.05) is 43.4 Å². The van der Waals surface area contributed by atoms with Crippen LogP contribution in [0.25, 0.3) is 6.08 Å². The van der Waals surface area contributed by atoms with E-state index >= 15 is 0 Å². The van der Waals surface area contributed by atoms with Crippen molar-refractivity contribution < 1.29 is 9.59 Å². The maximum absolute atomic E-state index is 13.0. The number of amides is 2. The fourth-order valence-corrected chi connectivity index (χ4v) is 5.83. The van der Waals surface area contributed by atoms with Gasteiger partial charge in [-0.15, -0.1) is 23.1 Å². The molecule has 3 heterocycles. The van der Waals surface area contributed by atoms with E-state index in [0.29, 0.717) is 31.1 Å². The summed E-state index contributed by atoms with van der Waals surface area (Å²) in [6.45, 7) is 4.36. The van der Waals surface area contributed by atoms with Gasteiger partial charge in [0.2, 0.25) is 5.91 Å². The summed E-state index contributed by atoms with van der Waals surface area (Å²) in [5.41, 5.74) is 2.60. The lowest BCUT2D eigenvalue weighted by molar-refractivity contribution is -0.116. The molecule has 0 atom stereocenters. The van der Waals surface area contributed by atoms with Gasteiger partial charge < -0.3 is 9.80 Å². The van der Waals surface area contributed by atoms with E-state index in [1.165, 1.54) is 16.9 Å². The van der Waals surface area contributed by atoms with Crippen LogP contribution in [-0.2, 0) is 11.3 Å². The Kier molecular flexibility index (Phi) is 7.08. The molecular weight excluding hydrogens is 464 g/mol. The Bertz CT molecular complexity index is 1190. The van der Waals surface area contributed by atoms with Gasteiger partial charge in [0.15, 0.2) is 0 Å². The number of para-hydroxylation sites is 1. The first-order valence-corrected chi connectivity index (χ1v) is 13.2. The van der Waals surface area contributed by atoms with Gasteiger partial charge in [0.05, 0.1) is 18.0 Å². The smallest absolute Gasteiger partial charge is 0.273 e. The molecule has 0 radical (unpaired) electrons. The van der Waals surface area contributed by atoms with E-state index in [1.807, 2.05) is 52.7 Å². The molecule has 34 heavy (non-hydrogen) atoms. The summed E-state index contributed by atoms with van der Waals surface area (Å²) in [6, 6.07) is 18.2. The second-order valence-electron chi connectivity index (χ2n) is 8.27. The number of piperazine rings is 1. The largest absolute Gasteiger partial charge is 0.335 e. The molecule has 2 aliphatic heterocycles. The lowest BCUT2D eigenvalue weighted by Crippen LogP contribution is -2.48. The fraction of sp³-hybridized carbons (Fsp3) is 0.269. The maximum Gasteiger partial charge on any atom is 0.273 e. The van der Waals surface area contributed by atoms with Crippen molar-refractivity contribution in [2.24, 2.45) is 0 Å². The number of fused-ring (bicyclic) bond motifs is 1. The Morgan fingerprint density at radius 1 is 1.00 bits per heavy atom. The van der Waals surface area contributed by atoms with Gasteiger partial charge in [-0.05, 0) is 17.7 Å². The molecule has 0 aliphatic carbocycles. The minimum atomic E-state index is -0.0251. The van der Waals surface area contributed by atoms with Crippen molar-refractivity contribution in [3.8, 4) is 0 Å². The zero-order chi connectivity index (χ0) is 23.3. The third-order valence-corrected chi connectivity index (χ3v) is 7.89. The molecule has 0 bridgehead atoms. The molecule has 0 spiro atoms. The van der Waals surface area contributed by atoms with Crippen LogP contribution in [0.4, 0.5) is 5.69 Å². The van der Waals surface area contributed by atoms with Gasteiger partial charge >= 0.3 is 0 Å². The Hall–Kier alpha value is -2.94. The first-order valence-electron chi connectivity index (χ1n) is 11.4. The molecule has 5 rings (SSSR count). The van der Waals surface area contributed by atoms with Crippen LogP contribution in [-0.4, -0.2) is 65.1 Å². The standard InChI is InChI=1S/C26H26N4O2S2/c31-25-19-33-23-11-5-4-10-22(23)30(25)17-24-27-21(18-34-24)26(32)29-15-13-28(14-16-29)12-6-9-20-7-2-1-3-8-20/h1-11,18H,12-17,19H2/b9-6+. The van der Waals surface area contributed by atoms with E-state index in [0.717, 1.165) is 35.2 Å². The van der Waals surface area contributed by atoms with Gasteiger partial charge in [-0.2, -0.15) is 0 Å². The summed E-state index contributed by atoms with van der Waals surface area (Å²) in [7, 11) is 0. The van der Waals surface area contributed by atoms with Crippen LogP contribution < -0.4 is 4.90 Å². The van der Waals surface area contributed by atoms with Crippen molar-refractivity contribution in [1.29, 1.82) is 0 Å². The number of thioether (sulfide) groups is 1. The maximum atomic E-state index is 13.0.